The first kappa shape index (κ1) is 17.6. The van der Waals surface area contributed by atoms with Crippen LogP contribution in [0, 0.1) is 18.3 Å². The van der Waals surface area contributed by atoms with E-state index in [0.717, 1.165) is 14.9 Å². The van der Waals surface area contributed by atoms with Crippen molar-refractivity contribution in [3.8, 4) is 6.07 Å². The van der Waals surface area contributed by atoms with Crippen molar-refractivity contribution in [2.75, 3.05) is 4.90 Å². The first-order chi connectivity index (χ1) is 12.4. The smallest absolute Gasteiger partial charge is 0.273 e. The molecule has 4 amide bonds. The lowest BCUT2D eigenvalue weighted by Crippen LogP contribution is -2.54. The van der Waals surface area contributed by atoms with Crippen LogP contribution >= 0.6 is 15.9 Å². The van der Waals surface area contributed by atoms with E-state index in [0.29, 0.717) is 16.8 Å². The average Bonchev–Trinajstić information content (AvgIpc) is 2.62. The molecule has 128 valence electrons. The summed E-state index contributed by atoms with van der Waals surface area (Å²) < 4.78 is 0.843. The third-order valence-corrected chi connectivity index (χ3v) is 4.74. The van der Waals surface area contributed by atoms with Crippen LogP contribution in [0.5, 0.6) is 0 Å². The Bertz CT molecular complexity index is 1000. The minimum absolute atomic E-state index is 0.158. The maximum absolute atomic E-state index is 12.8. The molecule has 7 heteroatoms. The molecule has 2 aromatic carbocycles. The van der Waals surface area contributed by atoms with Gasteiger partial charge in [0, 0.05) is 4.47 Å². The summed E-state index contributed by atoms with van der Waals surface area (Å²) in [7, 11) is 0. The molecule has 0 atom stereocenters. The molecule has 0 saturated carbocycles. The number of halogens is 1. The largest absolute Gasteiger partial charge is 0.335 e. The van der Waals surface area contributed by atoms with E-state index in [1.54, 1.807) is 42.5 Å². The molecule has 26 heavy (non-hydrogen) atoms. The SMILES string of the molecule is Cc1cc(N2C(=O)NC(=O)/C(=C\c3ccc(C#N)cc3)C2=O)ccc1Br. The Kier molecular flexibility index (Phi) is 4.69. The number of amides is 4. The highest BCUT2D eigenvalue weighted by molar-refractivity contribution is 9.10. The van der Waals surface area contributed by atoms with Crippen LogP contribution in [0.25, 0.3) is 6.08 Å². The summed E-state index contributed by atoms with van der Waals surface area (Å²) in [5, 5.41) is 11.0. The van der Waals surface area contributed by atoms with Crippen LogP contribution in [0.1, 0.15) is 16.7 Å². The molecule has 1 aliphatic heterocycles. The molecule has 1 N–H and O–H groups in total. The highest BCUT2D eigenvalue weighted by Crippen LogP contribution is 2.26. The standard InChI is InChI=1S/C19H12BrN3O3/c1-11-8-14(6-7-16(11)20)23-18(25)15(17(24)22-19(23)26)9-12-2-4-13(10-21)5-3-12/h2-9H,1H3,(H,22,24,26)/b15-9+. The second kappa shape index (κ2) is 6.94. The van der Waals surface area contributed by atoms with E-state index in [-0.39, 0.29) is 5.57 Å². The Morgan fingerprint density at radius 1 is 1.12 bits per heavy atom. The summed E-state index contributed by atoms with van der Waals surface area (Å²) in [5.74, 6) is -1.46. The summed E-state index contributed by atoms with van der Waals surface area (Å²) in [6.07, 6.45) is 1.39. The molecule has 0 bridgehead atoms. The summed E-state index contributed by atoms with van der Waals surface area (Å²) in [6.45, 7) is 1.83. The van der Waals surface area contributed by atoms with Crippen LogP contribution in [0.2, 0.25) is 0 Å². The van der Waals surface area contributed by atoms with Crippen LogP contribution < -0.4 is 10.2 Å². The van der Waals surface area contributed by atoms with Gasteiger partial charge in [0.05, 0.1) is 17.3 Å². The van der Waals surface area contributed by atoms with Gasteiger partial charge < -0.3 is 0 Å². The Balaban J connectivity index is 2.00. The monoisotopic (exact) mass is 409 g/mol. The highest BCUT2D eigenvalue weighted by atomic mass is 79.9. The van der Waals surface area contributed by atoms with Gasteiger partial charge in [0.15, 0.2) is 0 Å². The Morgan fingerprint density at radius 3 is 2.42 bits per heavy atom. The van der Waals surface area contributed by atoms with E-state index in [1.165, 1.54) is 6.08 Å². The number of nitrogens with zero attached hydrogens (tertiary/aromatic N) is 2. The van der Waals surface area contributed by atoms with Crippen molar-refractivity contribution in [3.63, 3.8) is 0 Å². The molecule has 1 aliphatic rings. The fourth-order valence-electron chi connectivity index (χ4n) is 2.48. The first-order valence-electron chi connectivity index (χ1n) is 7.58. The molecule has 0 unspecified atom stereocenters. The van der Waals surface area contributed by atoms with Crippen LogP contribution in [-0.2, 0) is 9.59 Å². The zero-order valence-corrected chi connectivity index (χ0v) is 15.2. The molecule has 0 aromatic heterocycles. The molecular weight excluding hydrogens is 398 g/mol. The zero-order chi connectivity index (χ0) is 18.8. The number of nitriles is 1. The summed E-state index contributed by atoms with van der Waals surface area (Å²) in [5.41, 5.74) is 2.09. The van der Waals surface area contributed by atoms with Gasteiger partial charge in [0.1, 0.15) is 5.57 Å². The third-order valence-electron chi connectivity index (χ3n) is 3.85. The van der Waals surface area contributed by atoms with Crippen molar-refractivity contribution in [2.24, 2.45) is 0 Å². The molecule has 0 radical (unpaired) electrons. The molecular formula is C19H12BrN3O3. The number of barbiturate groups is 1. The number of benzene rings is 2. The number of imide groups is 2. The first-order valence-corrected chi connectivity index (χ1v) is 8.38. The van der Waals surface area contributed by atoms with E-state index in [1.807, 2.05) is 13.0 Å². The van der Waals surface area contributed by atoms with E-state index >= 15 is 0 Å². The normalized spacial score (nSPS) is 15.8. The van der Waals surface area contributed by atoms with Gasteiger partial charge in [-0.1, -0.05) is 28.1 Å². The molecule has 0 spiro atoms. The van der Waals surface area contributed by atoms with Gasteiger partial charge in [-0.2, -0.15) is 5.26 Å². The van der Waals surface area contributed by atoms with Gasteiger partial charge in [0.25, 0.3) is 11.8 Å². The summed E-state index contributed by atoms with van der Waals surface area (Å²) >= 11 is 3.37. The lowest BCUT2D eigenvalue weighted by Gasteiger charge is -2.26. The Hall–Kier alpha value is -3.24. The quantitative estimate of drug-likeness (QED) is 0.608. The molecule has 6 nitrogen and oxygen atoms in total. The number of anilines is 1. The number of hydrogen-bond donors (Lipinski definition) is 1. The Labute approximate surface area is 157 Å². The zero-order valence-electron chi connectivity index (χ0n) is 13.6. The van der Waals surface area contributed by atoms with Crippen LogP contribution in [0.3, 0.4) is 0 Å². The molecule has 1 heterocycles. The molecule has 1 saturated heterocycles. The van der Waals surface area contributed by atoms with E-state index in [4.69, 9.17) is 5.26 Å². The maximum atomic E-state index is 12.8. The van der Waals surface area contributed by atoms with Gasteiger partial charge in [-0.15, -0.1) is 0 Å². The van der Waals surface area contributed by atoms with E-state index < -0.39 is 17.8 Å². The van der Waals surface area contributed by atoms with Gasteiger partial charge in [-0.25, -0.2) is 9.69 Å². The fraction of sp³-hybridized carbons (Fsp3) is 0.0526. The van der Waals surface area contributed by atoms with Crippen LogP contribution in [0.4, 0.5) is 10.5 Å². The van der Waals surface area contributed by atoms with Gasteiger partial charge in [-0.3, -0.25) is 14.9 Å². The maximum Gasteiger partial charge on any atom is 0.335 e. The topological polar surface area (TPSA) is 90.3 Å². The van der Waals surface area contributed by atoms with Crippen molar-refractivity contribution >= 4 is 45.5 Å². The number of hydrogen-bond acceptors (Lipinski definition) is 4. The second-order valence-electron chi connectivity index (χ2n) is 5.63. The second-order valence-corrected chi connectivity index (χ2v) is 6.48. The van der Waals surface area contributed by atoms with Crippen molar-refractivity contribution < 1.29 is 14.4 Å². The third kappa shape index (κ3) is 3.27. The molecule has 1 fully saturated rings. The lowest BCUT2D eigenvalue weighted by molar-refractivity contribution is -0.122. The van der Waals surface area contributed by atoms with Gasteiger partial charge >= 0.3 is 6.03 Å². The van der Waals surface area contributed by atoms with Gasteiger partial charge in [-0.05, 0) is 54.5 Å². The highest BCUT2D eigenvalue weighted by Gasteiger charge is 2.36. The van der Waals surface area contributed by atoms with Gasteiger partial charge in [0.2, 0.25) is 0 Å². The van der Waals surface area contributed by atoms with E-state index in [2.05, 4.69) is 21.2 Å². The molecule has 0 aliphatic carbocycles. The predicted molar refractivity (Wildman–Crippen MR) is 99.0 cm³/mol. The number of urea groups is 1. The van der Waals surface area contributed by atoms with Crippen LogP contribution in [0.15, 0.2) is 52.5 Å². The number of carbonyl (C=O) groups is 3. The van der Waals surface area contributed by atoms with Crippen molar-refractivity contribution in [2.45, 2.75) is 6.92 Å². The summed E-state index contributed by atoms with van der Waals surface area (Å²) in [4.78, 5) is 38.0. The van der Waals surface area contributed by atoms with Crippen molar-refractivity contribution in [1.82, 2.24) is 5.32 Å². The molecule has 2 aromatic rings. The number of aryl methyl sites for hydroxylation is 1. The van der Waals surface area contributed by atoms with Crippen LogP contribution in [-0.4, -0.2) is 17.8 Å². The average molecular weight is 410 g/mol. The fourth-order valence-corrected chi connectivity index (χ4v) is 2.73. The number of nitrogens with one attached hydrogen (secondary N) is 1. The minimum atomic E-state index is -0.793. The summed E-state index contributed by atoms with van der Waals surface area (Å²) in [6, 6.07) is 12.6. The van der Waals surface area contributed by atoms with E-state index in [9.17, 15) is 14.4 Å². The van der Waals surface area contributed by atoms with Crippen molar-refractivity contribution in [1.29, 1.82) is 5.26 Å². The number of rotatable bonds is 2. The molecule has 3 rings (SSSR count). The van der Waals surface area contributed by atoms with Crippen molar-refractivity contribution in [3.05, 3.63) is 69.2 Å². The predicted octanol–water partition coefficient (Wildman–Crippen LogP) is 3.30. The number of carbonyl (C=O) groups excluding carboxylic acids is 3. The Morgan fingerprint density at radius 2 is 1.81 bits per heavy atom. The minimum Gasteiger partial charge on any atom is -0.273 e. The lowest BCUT2D eigenvalue weighted by atomic mass is 10.1.